The minimum absolute atomic E-state index is 0.110. The molecule has 0 aliphatic carbocycles. The molecule has 8 heteroatoms. The van der Waals surface area contributed by atoms with E-state index in [1.807, 2.05) is 12.1 Å². The minimum atomic E-state index is -0.705. The molecule has 0 saturated carbocycles. The molecule has 27 heavy (non-hydrogen) atoms. The van der Waals surface area contributed by atoms with Crippen molar-refractivity contribution in [1.82, 2.24) is 25.4 Å². The van der Waals surface area contributed by atoms with Gasteiger partial charge in [0, 0.05) is 18.0 Å². The number of rotatable bonds is 7. The Morgan fingerprint density at radius 1 is 1.15 bits per heavy atom. The third kappa shape index (κ3) is 5.42. The third-order valence-corrected chi connectivity index (χ3v) is 3.88. The molecule has 8 nitrogen and oxygen atoms in total. The predicted octanol–water partition coefficient (Wildman–Crippen LogP) is 2.16. The monoisotopic (exact) mass is 367 g/mol. The number of nitrogens with one attached hydrogen (secondary N) is 1. The number of aromatic nitrogens is 4. The summed E-state index contributed by atoms with van der Waals surface area (Å²) in [5.74, 6) is 0.670. The molecule has 0 radical (unpaired) electrons. The van der Waals surface area contributed by atoms with Crippen molar-refractivity contribution in [3.63, 3.8) is 0 Å². The summed E-state index contributed by atoms with van der Waals surface area (Å²) in [6.07, 6.45) is 4.58. The van der Waals surface area contributed by atoms with E-state index in [2.05, 4.69) is 25.4 Å². The summed E-state index contributed by atoms with van der Waals surface area (Å²) >= 11 is 0. The molecule has 0 atom stereocenters. The summed E-state index contributed by atoms with van der Waals surface area (Å²) in [5.41, 5.74) is 0.898. The second kappa shape index (κ2) is 8.05. The lowest BCUT2D eigenvalue weighted by atomic mass is 9.98. The highest BCUT2D eigenvalue weighted by atomic mass is 16.5. The van der Waals surface area contributed by atoms with Crippen LogP contribution in [0.1, 0.15) is 42.1 Å². The van der Waals surface area contributed by atoms with Gasteiger partial charge >= 0.3 is 0 Å². The van der Waals surface area contributed by atoms with Gasteiger partial charge in [-0.25, -0.2) is 9.97 Å². The van der Waals surface area contributed by atoms with Gasteiger partial charge in [0.25, 0.3) is 5.91 Å². The van der Waals surface area contributed by atoms with E-state index in [4.69, 9.17) is 4.52 Å². The Bertz CT molecular complexity index is 886. The molecule has 0 bridgehead atoms. The van der Waals surface area contributed by atoms with Crippen molar-refractivity contribution in [3.8, 4) is 11.6 Å². The van der Waals surface area contributed by atoms with Crippen molar-refractivity contribution in [2.24, 2.45) is 0 Å². The molecule has 1 aromatic carbocycles. The molecule has 2 aromatic heterocycles. The average molecular weight is 367 g/mol. The van der Waals surface area contributed by atoms with Crippen LogP contribution in [0.5, 0.6) is 0 Å². The standard InChI is InChI=1S/C19H21N5O3/c1-19(2,26)9-8-13-4-6-14(7-5-13)18(25)22-12-15-23-17(24-27-15)16-20-10-3-11-21-16/h3-7,10-11,26H,8-9,12H2,1-2H3,(H,22,25). The average Bonchev–Trinajstić information content (AvgIpc) is 3.14. The zero-order valence-corrected chi connectivity index (χ0v) is 15.2. The Labute approximate surface area is 156 Å². The molecule has 0 aliphatic heterocycles. The van der Waals surface area contributed by atoms with Gasteiger partial charge in [0.15, 0.2) is 0 Å². The first-order valence-corrected chi connectivity index (χ1v) is 8.60. The van der Waals surface area contributed by atoms with Crippen LogP contribution in [-0.4, -0.2) is 36.7 Å². The largest absolute Gasteiger partial charge is 0.390 e. The Hall–Kier alpha value is -3.13. The molecular weight excluding hydrogens is 346 g/mol. The first-order chi connectivity index (χ1) is 12.9. The summed E-state index contributed by atoms with van der Waals surface area (Å²) in [6, 6.07) is 8.98. The summed E-state index contributed by atoms with van der Waals surface area (Å²) < 4.78 is 5.11. The van der Waals surface area contributed by atoms with Gasteiger partial charge in [-0.15, -0.1) is 0 Å². The number of hydrogen-bond acceptors (Lipinski definition) is 7. The summed E-state index contributed by atoms with van der Waals surface area (Å²) in [5, 5.41) is 16.3. The number of nitrogens with zero attached hydrogens (tertiary/aromatic N) is 4. The molecule has 0 aliphatic rings. The molecule has 0 spiro atoms. The SMILES string of the molecule is CC(C)(O)CCc1ccc(C(=O)NCc2nc(-c3ncccn3)no2)cc1. The zero-order chi connectivity index (χ0) is 19.3. The number of carbonyl (C=O) groups is 1. The summed E-state index contributed by atoms with van der Waals surface area (Å²) in [6.45, 7) is 3.67. The second-order valence-corrected chi connectivity index (χ2v) is 6.78. The first kappa shape index (κ1) is 18.7. The number of benzene rings is 1. The Kier molecular flexibility index (Phi) is 5.56. The third-order valence-electron chi connectivity index (χ3n) is 3.88. The van der Waals surface area contributed by atoms with Crippen molar-refractivity contribution < 1.29 is 14.4 Å². The lowest BCUT2D eigenvalue weighted by molar-refractivity contribution is 0.0713. The topological polar surface area (TPSA) is 114 Å². The van der Waals surface area contributed by atoms with Crippen LogP contribution in [0.4, 0.5) is 0 Å². The smallest absolute Gasteiger partial charge is 0.251 e. The van der Waals surface area contributed by atoms with Gasteiger partial charge in [-0.3, -0.25) is 4.79 Å². The highest BCUT2D eigenvalue weighted by Gasteiger charge is 2.14. The van der Waals surface area contributed by atoms with Gasteiger partial charge in [-0.1, -0.05) is 17.3 Å². The van der Waals surface area contributed by atoms with Crippen molar-refractivity contribution in [1.29, 1.82) is 0 Å². The molecule has 0 fully saturated rings. The van der Waals surface area contributed by atoms with Crippen LogP contribution in [0.15, 0.2) is 47.2 Å². The quantitative estimate of drug-likeness (QED) is 0.657. The van der Waals surface area contributed by atoms with Crippen molar-refractivity contribution in [3.05, 3.63) is 59.7 Å². The second-order valence-electron chi connectivity index (χ2n) is 6.78. The molecule has 3 rings (SSSR count). The van der Waals surface area contributed by atoms with E-state index in [-0.39, 0.29) is 24.2 Å². The van der Waals surface area contributed by atoms with E-state index >= 15 is 0 Å². The maximum atomic E-state index is 12.3. The number of amides is 1. The summed E-state index contributed by atoms with van der Waals surface area (Å²) in [4.78, 5) is 24.5. The molecule has 3 aromatic rings. The fraction of sp³-hybridized carbons (Fsp3) is 0.316. The number of hydrogen-bond donors (Lipinski definition) is 2. The first-order valence-electron chi connectivity index (χ1n) is 8.60. The van der Waals surface area contributed by atoms with Gasteiger partial charge in [0.1, 0.15) is 0 Å². The van der Waals surface area contributed by atoms with Crippen LogP contribution < -0.4 is 5.32 Å². The van der Waals surface area contributed by atoms with Crippen LogP contribution in [0.25, 0.3) is 11.6 Å². The van der Waals surface area contributed by atoms with Crippen molar-refractivity contribution in [2.75, 3.05) is 0 Å². The molecular formula is C19H21N5O3. The van der Waals surface area contributed by atoms with Crippen molar-refractivity contribution in [2.45, 2.75) is 38.8 Å². The molecule has 0 saturated heterocycles. The molecule has 0 unspecified atom stereocenters. The van der Waals surface area contributed by atoms with Gasteiger partial charge in [-0.05, 0) is 50.5 Å². The Morgan fingerprint density at radius 2 is 1.85 bits per heavy atom. The fourth-order valence-corrected chi connectivity index (χ4v) is 2.36. The van der Waals surface area contributed by atoms with Crippen LogP contribution in [0, 0.1) is 0 Å². The highest BCUT2D eigenvalue weighted by molar-refractivity contribution is 5.94. The highest BCUT2D eigenvalue weighted by Crippen LogP contribution is 2.14. The fourth-order valence-electron chi connectivity index (χ4n) is 2.36. The number of aryl methyl sites for hydroxylation is 1. The maximum absolute atomic E-state index is 12.3. The molecule has 2 heterocycles. The lowest BCUT2D eigenvalue weighted by Gasteiger charge is -2.16. The molecule has 140 valence electrons. The van der Waals surface area contributed by atoms with Crippen LogP contribution in [-0.2, 0) is 13.0 Å². The predicted molar refractivity (Wildman–Crippen MR) is 97.6 cm³/mol. The van der Waals surface area contributed by atoms with Gasteiger partial charge < -0.3 is 14.9 Å². The van der Waals surface area contributed by atoms with E-state index in [0.29, 0.717) is 17.8 Å². The van der Waals surface area contributed by atoms with E-state index in [1.54, 1.807) is 44.4 Å². The Balaban J connectivity index is 1.54. The van der Waals surface area contributed by atoms with Crippen LogP contribution in [0.3, 0.4) is 0 Å². The van der Waals surface area contributed by atoms with Gasteiger partial charge in [-0.2, -0.15) is 4.98 Å². The normalized spacial score (nSPS) is 11.4. The number of aliphatic hydroxyl groups is 1. The van der Waals surface area contributed by atoms with Crippen LogP contribution >= 0.6 is 0 Å². The minimum Gasteiger partial charge on any atom is -0.390 e. The number of carbonyl (C=O) groups excluding carboxylic acids is 1. The lowest BCUT2D eigenvalue weighted by Crippen LogP contribution is -2.23. The summed E-state index contributed by atoms with van der Waals surface area (Å²) in [7, 11) is 0. The van der Waals surface area contributed by atoms with E-state index in [1.165, 1.54) is 0 Å². The van der Waals surface area contributed by atoms with Gasteiger partial charge in [0.05, 0.1) is 12.1 Å². The van der Waals surface area contributed by atoms with E-state index < -0.39 is 5.60 Å². The van der Waals surface area contributed by atoms with Crippen LogP contribution in [0.2, 0.25) is 0 Å². The van der Waals surface area contributed by atoms with Gasteiger partial charge in [0.2, 0.25) is 17.5 Å². The van der Waals surface area contributed by atoms with E-state index in [0.717, 1.165) is 12.0 Å². The Morgan fingerprint density at radius 3 is 2.52 bits per heavy atom. The zero-order valence-electron chi connectivity index (χ0n) is 15.2. The maximum Gasteiger partial charge on any atom is 0.251 e. The van der Waals surface area contributed by atoms with Crippen molar-refractivity contribution >= 4 is 5.91 Å². The molecule has 1 amide bonds. The van der Waals surface area contributed by atoms with E-state index in [9.17, 15) is 9.90 Å². The molecule has 2 N–H and O–H groups in total.